The van der Waals surface area contributed by atoms with E-state index in [1.807, 2.05) is 36.4 Å². The zero-order valence-corrected chi connectivity index (χ0v) is 15.8. The predicted octanol–water partition coefficient (Wildman–Crippen LogP) is 6.50. The van der Waals surface area contributed by atoms with Gasteiger partial charge in [0.15, 0.2) is 0 Å². The van der Waals surface area contributed by atoms with Crippen molar-refractivity contribution < 1.29 is 4.79 Å². The highest BCUT2D eigenvalue weighted by Gasteiger charge is 2.40. The highest BCUT2D eigenvalue weighted by Crippen LogP contribution is 2.59. The van der Waals surface area contributed by atoms with Crippen molar-refractivity contribution in [2.24, 2.45) is 5.92 Å². The van der Waals surface area contributed by atoms with Gasteiger partial charge in [0.25, 0.3) is 0 Å². The topological polar surface area (TPSA) is 17.1 Å². The normalized spacial score (nSPS) is 15.3. The Morgan fingerprint density at radius 2 is 1.03 bits per heavy atom. The minimum Gasteiger partial charge on any atom is -0.302 e. The number of rotatable bonds is 3. The standard InChI is InChI=1S/C28H18O/c29-17-23-25(19-9-3-1-4-10-19)27-21-15-7-13-18-14-8-16-22(24(18)21)28(27)26(23)20-11-5-2-6-12-20/h1-17,23H. The zero-order chi connectivity index (χ0) is 19.4. The summed E-state index contributed by atoms with van der Waals surface area (Å²) < 4.78 is 0. The molecule has 6 rings (SSSR count). The minimum atomic E-state index is -0.270. The number of fused-ring (bicyclic) bond motifs is 3. The maximum absolute atomic E-state index is 12.5. The summed E-state index contributed by atoms with van der Waals surface area (Å²) in [6.07, 6.45) is 1.12. The minimum absolute atomic E-state index is 0.270. The molecule has 0 aromatic heterocycles. The quantitative estimate of drug-likeness (QED) is 0.376. The van der Waals surface area contributed by atoms with Crippen molar-refractivity contribution in [1.29, 1.82) is 0 Å². The van der Waals surface area contributed by atoms with Crippen LogP contribution in [0.4, 0.5) is 0 Å². The van der Waals surface area contributed by atoms with Gasteiger partial charge in [-0.25, -0.2) is 0 Å². The molecule has 0 amide bonds. The van der Waals surface area contributed by atoms with Gasteiger partial charge in [-0.3, -0.25) is 0 Å². The molecule has 0 aliphatic heterocycles. The largest absolute Gasteiger partial charge is 0.302 e. The lowest BCUT2D eigenvalue weighted by molar-refractivity contribution is -0.108. The third-order valence-corrected chi connectivity index (χ3v) is 6.16. The molecule has 0 spiro atoms. The summed E-state index contributed by atoms with van der Waals surface area (Å²) in [6, 6.07) is 33.7. The Labute approximate surface area is 169 Å². The molecule has 4 aromatic rings. The first-order valence-electron chi connectivity index (χ1n) is 9.96. The third-order valence-electron chi connectivity index (χ3n) is 6.16. The first-order valence-corrected chi connectivity index (χ1v) is 9.96. The van der Waals surface area contributed by atoms with Crippen LogP contribution < -0.4 is 0 Å². The van der Waals surface area contributed by atoms with Gasteiger partial charge >= 0.3 is 0 Å². The van der Waals surface area contributed by atoms with Gasteiger partial charge in [-0.05, 0) is 55.3 Å². The van der Waals surface area contributed by atoms with E-state index in [0.29, 0.717) is 0 Å². The highest BCUT2D eigenvalue weighted by molar-refractivity contribution is 6.38. The van der Waals surface area contributed by atoms with E-state index in [9.17, 15) is 4.79 Å². The lowest BCUT2D eigenvalue weighted by Gasteiger charge is -2.16. The van der Waals surface area contributed by atoms with E-state index in [2.05, 4.69) is 60.7 Å². The average molecular weight is 370 g/mol. The van der Waals surface area contributed by atoms with Crippen molar-refractivity contribution in [2.45, 2.75) is 0 Å². The Morgan fingerprint density at radius 1 is 0.552 bits per heavy atom. The number of benzene rings is 4. The zero-order valence-electron chi connectivity index (χ0n) is 15.8. The molecule has 1 heteroatoms. The van der Waals surface area contributed by atoms with Crippen LogP contribution in [0.15, 0.2) is 97.1 Å². The van der Waals surface area contributed by atoms with E-state index in [0.717, 1.165) is 28.6 Å². The summed E-state index contributed by atoms with van der Waals surface area (Å²) in [6.45, 7) is 0. The highest BCUT2D eigenvalue weighted by atomic mass is 16.1. The van der Waals surface area contributed by atoms with Crippen molar-refractivity contribution in [2.75, 3.05) is 0 Å². The third kappa shape index (κ3) is 2.19. The van der Waals surface area contributed by atoms with Crippen LogP contribution in [0.2, 0.25) is 0 Å². The molecule has 0 heterocycles. The van der Waals surface area contributed by atoms with E-state index in [1.165, 1.54) is 33.0 Å². The van der Waals surface area contributed by atoms with Gasteiger partial charge in [-0.1, -0.05) is 97.1 Å². The number of carbonyl (C=O) groups is 1. The number of hydrogen-bond acceptors (Lipinski definition) is 1. The lowest BCUT2D eigenvalue weighted by atomic mass is 9.85. The maximum atomic E-state index is 12.5. The van der Waals surface area contributed by atoms with Crippen molar-refractivity contribution >= 4 is 39.4 Å². The summed E-state index contributed by atoms with van der Waals surface area (Å²) in [4.78, 5) is 12.5. The molecule has 2 aliphatic rings. The second kappa shape index (κ2) is 6.15. The van der Waals surface area contributed by atoms with Crippen LogP contribution in [-0.4, -0.2) is 6.29 Å². The molecule has 0 fully saturated rings. The molecule has 136 valence electrons. The van der Waals surface area contributed by atoms with Gasteiger partial charge < -0.3 is 4.79 Å². The molecular formula is C28H18O. The first-order chi connectivity index (χ1) is 14.4. The Hall–Kier alpha value is -3.71. The Bertz CT molecular complexity index is 1240. The van der Waals surface area contributed by atoms with Crippen molar-refractivity contribution in [1.82, 2.24) is 0 Å². The van der Waals surface area contributed by atoms with E-state index < -0.39 is 0 Å². The van der Waals surface area contributed by atoms with Crippen LogP contribution in [-0.2, 0) is 4.79 Å². The fourth-order valence-corrected chi connectivity index (χ4v) is 5.06. The monoisotopic (exact) mass is 370 g/mol. The van der Waals surface area contributed by atoms with Crippen LogP contribution in [0.5, 0.6) is 0 Å². The molecule has 2 aliphatic carbocycles. The molecule has 0 saturated carbocycles. The van der Waals surface area contributed by atoms with Crippen LogP contribution in [0.1, 0.15) is 22.3 Å². The molecule has 4 aromatic carbocycles. The van der Waals surface area contributed by atoms with Crippen LogP contribution in [0.3, 0.4) is 0 Å². The fourth-order valence-electron chi connectivity index (χ4n) is 5.06. The van der Waals surface area contributed by atoms with E-state index >= 15 is 0 Å². The van der Waals surface area contributed by atoms with Crippen LogP contribution in [0.25, 0.3) is 33.1 Å². The van der Waals surface area contributed by atoms with E-state index in [4.69, 9.17) is 0 Å². The summed E-state index contributed by atoms with van der Waals surface area (Å²) in [5.74, 6) is -0.270. The average Bonchev–Trinajstić information content (AvgIpc) is 3.30. The Balaban J connectivity index is 1.78. The van der Waals surface area contributed by atoms with Crippen molar-refractivity contribution in [3.8, 4) is 0 Å². The number of aldehydes is 1. The molecule has 29 heavy (non-hydrogen) atoms. The molecule has 0 saturated heterocycles. The van der Waals surface area contributed by atoms with Gasteiger partial charge in [0.1, 0.15) is 6.29 Å². The van der Waals surface area contributed by atoms with Gasteiger partial charge in [0, 0.05) is 0 Å². The SMILES string of the molecule is O=CC1C(c2ccccc2)=C2C(=C1c1ccccc1)c1cccc3cccc2c13. The fraction of sp³-hybridized carbons (Fsp3) is 0.0357. The van der Waals surface area contributed by atoms with Gasteiger partial charge in [0.2, 0.25) is 0 Å². The molecule has 0 atom stereocenters. The molecule has 0 N–H and O–H groups in total. The smallest absolute Gasteiger partial charge is 0.131 e. The van der Waals surface area contributed by atoms with E-state index in [1.54, 1.807) is 0 Å². The van der Waals surface area contributed by atoms with E-state index in [-0.39, 0.29) is 5.92 Å². The summed E-state index contributed by atoms with van der Waals surface area (Å²) in [7, 11) is 0. The molecule has 0 unspecified atom stereocenters. The summed E-state index contributed by atoms with van der Waals surface area (Å²) >= 11 is 0. The van der Waals surface area contributed by atoms with Gasteiger partial charge in [-0.15, -0.1) is 0 Å². The lowest BCUT2D eigenvalue weighted by Crippen LogP contribution is -2.06. The molecule has 0 bridgehead atoms. The summed E-state index contributed by atoms with van der Waals surface area (Å²) in [5.41, 5.74) is 9.41. The van der Waals surface area contributed by atoms with Gasteiger partial charge in [-0.2, -0.15) is 0 Å². The number of hydrogen-bond donors (Lipinski definition) is 0. The second-order valence-corrected chi connectivity index (χ2v) is 7.63. The summed E-state index contributed by atoms with van der Waals surface area (Å²) in [5, 5.41) is 2.54. The molecule has 0 radical (unpaired) electrons. The predicted molar refractivity (Wildman–Crippen MR) is 120 cm³/mol. The van der Waals surface area contributed by atoms with Crippen molar-refractivity contribution in [3.63, 3.8) is 0 Å². The molecular weight excluding hydrogens is 352 g/mol. The van der Waals surface area contributed by atoms with Gasteiger partial charge in [0.05, 0.1) is 5.92 Å². The first kappa shape index (κ1) is 16.3. The Kier molecular flexibility index (Phi) is 3.45. The second-order valence-electron chi connectivity index (χ2n) is 7.63. The maximum Gasteiger partial charge on any atom is 0.131 e. The number of allylic oxidation sites excluding steroid dienone is 4. The molecule has 1 nitrogen and oxygen atoms in total. The number of carbonyl (C=O) groups excluding carboxylic acids is 1. The Morgan fingerprint density at radius 3 is 1.48 bits per heavy atom. The van der Waals surface area contributed by atoms with Crippen molar-refractivity contribution in [3.05, 3.63) is 119 Å². The van der Waals surface area contributed by atoms with Crippen LogP contribution in [0, 0.1) is 5.92 Å². The van der Waals surface area contributed by atoms with Crippen LogP contribution >= 0.6 is 0 Å².